The van der Waals surface area contributed by atoms with Crippen LogP contribution in [0, 0.1) is 6.92 Å². The highest BCUT2D eigenvalue weighted by atomic mass is 35.5. The van der Waals surface area contributed by atoms with Crippen molar-refractivity contribution in [3.05, 3.63) is 86.6 Å². The van der Waals surface area contributed by atoms with E-state index in [2.05, 4.69) is 15.2 Å². The van der Waals surface area contributed by atoms with Crippen molar-refractivity contribution in [1.82, 2.24) is 10.2 Å². The number of nitrogens with zero attached hydrogens (tertiary/aromatic N) is 3. The molecule has 0 atom stereocenters. The van der Waals surface area contributed by atoms with Gasteiger partial charge in [0.05, 0.1) is 5.75 Å². The number of halogens is 1. The molecule has 29 heavy (non-hydrogen) atoms. The molecule has 2 heterocycles. The largest absolute Gasteiger partial charge is 0.423 e. The van der Waals surface area contributed by atoms with E-state index in [-0.39, 0.29) is 11.6 Å². The van der Waals surface area contributed by atoms with E-state index >= 15 is 0 Å². The van der Waals surface area contributed by atoms with Crippen molar-refractivity contribution in [3.8, 4) is 0 Å². The van der Waals surface area contributed by atoms with Crippen molar-refractivity contribution in [2.75, 3.05) is 0 Å². The summed E-state index contributed by atoms with van der Waals surface area (Å²) in [7, 11) is 0. The summed E-state index contributed by atoms with van der Waals surface area (Å²) in [6.07, 6.45) is 1.64. The first-order chi connectivity index (χ1) is 14.1. The van der Waals surface area contributed by atoms with Crippen LogP contribution >= 0.6 is 23.4 Å². The molecule has 4 aromatic rings. The molecule has 0 unspecified atom stereocenters. The lowest BCUT2D eigenvalue weighted by molar-refractivity contribution is 0.525. The summed E-state index contributed by atoms with van der Waals surface area (Å²) in [4.78, 5) is 16.0. The molecule has 6 nitrogen and oxygen atoms in total. The van der Waals surface area contributed by atoms with Gasteiger partial charge in [0.25, 0.3) is 0 Å². The van der Waals surface area contributed by atoms with Gasteiger partial charge in [-0.15, -0.1) is 16.9 Å². The lowest BCUT2D eigenvalue weighted by Gasteiger charge is -2.05. The Labute approximate surface area is 175 Å². The first-order valence-electron chi connectivity index (χ1n) is 8.80. The summed E-state index contributed by atoms with van der Waals surface area (Å²) in [5, 5.41) is 9.54. The summed E-state index contributed by atoms with van der Waals surface area (Å²) in [5.74, 6) is 1.61. The second kappa shape index (κ2) is 8.63. The maximum Gasteiger partial charge on any atom is 0.342 e. The van der Waals surface area contributed by atoms with E-state index in [9.17, 15) is 4.79 Å². The predicted molar refractivity (Wildman–Crippen MR) is 115 cm³/mol. The normalized spacial score (nSPS) is 11.5. The fourth-order valence-corrected chi connectivity index (χ4v) is 3.72. The van der Waals surface area contributed by atoms with Crippen LogP contribution in [0.15, 0.2) is 67.2 Å². The third-order valence-electron chi connectivity index (χ3n) is 4.12. The predicted octanol–water partition coefficient (Wildman–Crippen LogP) is 5.32. The van der Waals surface area contributed by atoms with Gasteiger partial charge < -0.3 is 8.83 Å². The minimum atomic E-state index is -0.352. The van der Waals surface area contributed by atoms with Crippen LogP contribution < -0.4 is 5.63 Å². The van der Waals surface area contributed by atoms with Crippen LogP contribution in [0.2, 0.25) is 5.02 Å². The lowest BCUT2D eigenvalue weighted by Crippen LogP contribution is -2.00. The van der Waals surface area contributed by atoms with Crippen LogP contribution in [-0.4, -0.2) is 16.4 Å². The molecule has 4 rings (SSSR count). The van der Waals surface area contributed by atoms with Crippen molar-refractivity contribution < 1.29 is 8.83 Å². The zero-order valence-corrected chi connectivity index (χ0v) is 17.0. The SMILES string of the molecule is Cc1ccc2c(CSCc3nnc(/N=C/c4ccc(Cl)cc4)o3)cc(=O)oc2c1. The first kappa shape index (κ1) is 19.4. The van der Waals surface area contributed by atoms with Gasteiger partial charge in [-0.05, 0) is 41.8 Å². The molecule has 0 amide bonds. The highest BCUT2D eigenvalue weighted by molar-refractivity contribution is 7.97. The molecule has 0 radical (unpaired) electrons. The fourth-order valence-electron chi connectivity index (χ4n) is 2.74. The van der Waals surface area contributed by atoms with Crippen LogP contribution in [0.3, 0.4) is 0 Å². The Bertz CT molecular complexity index is 1230. The number of aliphatic imine (C=N–C) groups is 1. The summed E-state index contributed by atoms with van der Waals surface area (Å²) in [5.41, 5.74) is 3.10. The van der Waals surface area contributed by atoms with Gasteiger partial charge in [-0.1, -0.05) is 41.0 Å². The van der Waals surface area contributed by atoms with E-state index in [1.807, 2.05) is 37.3 Å². The van der Waals surface area contributed by atoms with Crippen molar-refractivity contribution >= 4 is 46.6 Å². The van der Waals surface area contributed by atoms with Crippen LogP contribution in [0.4, 0.5) is 6.01 Å². The van der Waals surface area contributed by atoms with Gasteiger partial charge in [-0.3, -0.25) is 0 Å². The van der Waals surface area contributed by atoms with Crippen LogP contribution in [-0.2, 0) is 11.5 Å². The van der Waals surface area contributed by atoms with Gasteiger partial charge >= 0.3 is 11.6 Å². The second-order valence-corrected chi connectivity index (χ2v) is 7.79. The summed E-state index contributed by atoms with van der Waals surface area (Å²) in [6.45, 7) is 1.96. The topological polar surface area (TPSA) is 81.5 Å². The molecule has 0 aliphatic heterocycles. The number of rotatable bonds is 6. The average molecular weight is 426 g/mol. The number of aryl methyl sites for hydroxylation is 1. The van der Waals surface area contributed by atoms with Gasteiger partial charge in [-0.25, -0.2) is 9.79 Å². The van der Waals surface area contributed by atoms with Gasteiger partial charge in [0.1, 0.15) is 5.58 Å². The lowest BCUT2D eigenvalue weighted by atomic mass is 10.1. The fraction of sp³-hybridized carbons (Fsp3) is 0.143. The molecule has 0 bridgehead atoms. The molecule has 0 spiro atoms. The standard InChI is InChI=1S/C21H16ClN3O3S/c1-13-2-7-17-15(9-20(26)27-18(17)8-13)11-29-12-19-24-25-21(28-19)23-10-14-3-5-16(22)6-4-14/h2-10H,11-12H2,1H3/b23-10+. The molecule has 2 aromatic heterocycles. The minimum Gasteiger partial charge on any atom is -0.423 e. The van der Waals surface area contributed by atoms with Crippen LogP contribution in [0.25, 0.3) is 11.0 Å². The first-order valence-corrected chi connectivity index (χ1v) is 10.3. The van der Waals surface area contributed by atoms with Gasteiger partial charge in [0.2, 0.25) is 5.89 Å². The quantitative estimate of drug-likeness (QED) is 0.307. The Morgan fingerprint density at radius 2 is 1.90 bits per heavy atom. The molecule has 0 saturated carbocycles. The molecule has 2 aromatic carbocycles. The number of aromatic nitrogens is 2. The molecule has 0 saturated heterocycles. The van der Waals surface area contributed by atoms with Crippen molar-refractivity contribution in [2.45, 2.75) is 18.4 Å². The van der Waals surface area contributed by atoms with E-state index in [1.54, 1.807) is 30.1 Å². The van der Waals surface area contributed by atoms with Crippen LogP contribution in [0.1, 0.15) is 22.6 Å². The maximum absolute atomic E-state index is 11.8. The van der Waals surface area contributed by atoms with Gasteiger partial charge in [-0.2, -0.15) is 0 Å². The van der Waals surface area contributed by atoms with Gasteiger partial charge in [0, 0.05) is 28.4 Å². The smallest absolute Gasteiger partial charge is 0.342 e. The third kappa shape index (κ3) is 4.93. The molecular formula is C21H16ClN3O3S. The van der Waals surface area contributed by atoms with Crippen molar-refractivity contribution in [2.24, 2.45) is 4.99 Å². The average Bonchev–Trinajstić information content (AvgIpc) is 3.15. The van der Waals surface area contributed by atoms with Crippen molar-refractivity contribution in [1.29, 1.82) is 0 Å². The number of fused-ring (bicyclic) bond motifs is 1. The van der Waals surface area contributed by atoms with E-state index in [4.69, 9.17) is 20.4 Å². The zero-order valence-electron chi connectivity index (χ0n) is 15.5. The second-order valence-electron chi connectivity index (χ2n) is 6.37. The van der Waals surface area contributed by atoms with E-state index in [1.165, 1.54) is 6.07 Å². The summed E-state index contributed by atoms with van der Waals surface area (Å²) < 4.78 is 10.8. The number of benzene rings is 2. The minimum absolute atomic E-state index is 0.192. The van der Waals surface area contributed by atoms with Crippen molar-refractivity contribution in [3.63, 3.8) is 0 Å². The number of thioether (sulfide) groups is 1. The molecule has 0 fully saturated rings. The van der Waals surface area contributed by atoms with Crippen LogP contribution in [0.5, 0.6) is 0 Å². The maximum atomic E-state index is 11.8. The Morgan fingerprint density at radius 3 is 2.72 bits per heavy atom. The van der Waals surface area contributed by atoms with E-state index < -0.39 is 0 Å². The molecule has 0 aliphatic carbocycles. The summed E-state index contributed by atoms with van der Waals surface area (Å²) >= 11 is 7.44. The van der Waals surface area contributed by atoms with E-state index in [0.717, 1.165) is 22.1 Å². The molecule has 8 heteroatoms. The highest BCUT2D eigenvalue weighted by Crippen LogP contribution is 2.24. The number of hydrogen-bond acceptors (Lipinski definition) is 7. The monoisotopic (exact) mass is 425 g/mol. The Hall–Kier alpha value is -2.90. The Morgan fingerprint density at radius 1 is 1.07 bits per heavy atom. The zero-order chi connectivity index (χ0) is 20.2. The Balaban J connectivity index is 1.40. The van der Waals surface area contributed by atoms with Gasteiger partial charge in [0.15, 0.2) is 0 Å². The third-order valence-corrected chi connectivity index (χ3v) is 5.34. The molecule has 0 N–H and O–H groups in total. The molecular weight excluding hydrogens is 410 g/mol. The molecule has 146 valence electrons. The Kier molecular flexibility index (Phi) is 5.78. The molecule has 0 aliphatic rings. The van der Waals surface area contributed by atoms with E-state index in [0.29, 0.717) is 28.0 Å². The summed E-state index contributed by atoms with van der Waals surface area (Å²) in [6, 6.07) is 14.8. The highest BCUT2D eigenvalue weighted by Gasteiger charge is 2.09. The number of hydrogen-bond donors (Lipinski definition) is 0.